The molecule has 0 amide bonds. The average molecular weight is 334 g/mol. The molecule has 0 aromatic heterocycles. The van der Waals surface area contributed by atoms with E-state index in [-0.39, 0.29) is 0 Å². The van der Waals surface area contributed by atoms with Crippen molar-refractivity contribution in [3.63, 3.8) is 0 Å². The molecule has 1 N–H and O–H groups in total. The zero-order valence-electron chi connectivity index (χ0n) is 11.1. The van der Waals surface area contributed by atoms with Gasteiger partial charge in [0.1, 0.15) is 0 Å². The van der Waals surface area contributed by atoms with Crippen molar-refractivity contribution in [2.45, 2.75) is 70.2 Å². The third-order valence-corrected chi connectivity index (χ3v) is 3.55. The van der Waals surface area contributed by atoms with Gasteiger partial charge < -0.3 is 5.11 Å². The maximum absolute atomic E-state index is 10.3. The third-order valence-electron chi connectivity index (χ3n) is 2.54. The van der Waals surface area contributed by atoms with Gasteiger partial charge in [-0.3, -0.25) is 4.79 Å². The molecule has 0 aromatic carbocycles. The number of hydrogen-bond acceptors (Lipinski definition) is 1. The second-order valence-corrected chi connectivity index (χ2v) is 5.54. The van der Waals surface area contributed by atoms with E-state index in [1.54, 1.807) is 22.5 Å². The molecule has 0 heterocycles. The summed E-state index contributed by atoms with van der Waals surface area (Å²) in [6.07, 6.45) is 7.52. The summed E-state index contributed by atoms with van der Waals surface area (Å²) < 4.78 is 1.43. The summed E-state index contributed by atoms with van der Waals surface area (Å²) in [5, 5.41) is 8.51. The van der Waals surface area contributed by atoms with E-state index in [1.165, 1.54) is 17.3 Å². The standard InChI is InChI=1S/C9H18O2.C4H9.Sn/c1-3-5-6-8(4-2)7-9(10)11;1-3-4-2;/h8H,3-7H2,1-2H3,(H,10,11);1,3-4H2,2H3;/q;;+3. The van der Waals surface area contributed by atoms with Crippen molar-refractivity contribution >= 4 is 28.5 Å². The van der Waals surface area contributed by atoms with Crippen molar-refractivity contribution in [2.75, 3.05) is 0 Å². The Kier molecular flexibility index (Phi) is 17.8. The minimum atomic E-state index is -0.659. The van der Waals surface area contributed by atoms with E-state index in [0.717, 1.165) is 25.7 Å². The first kappa shape index (κ1) is 18.6. The predicted octanol–water partition coefficient (Wildman–Crippen LogP) is 4.05. The minimum absolute atomic E-state index is 0.344. The Morgan fingerprint density at radius 2 is 1.75 bits per heavy atom. The van der Waals surface area contributed by atoms with E-state index in [0.29, 0.717) is 12.3 Å². The quantitative estimate of drug-likeness (QED) is 0.680. The molecule has 0 aliphatic rings. The van der Waals surface area contributed by atoms with Gasteiger partial charge in [0.2, 0.25) is 0 Å². The monoisotopic (exact) mass is 335 g/mol. The molecule has 0 saturated heterocycles. The first-order chi connectivity index (χ1) is 7.62. The molecule has 0 saturated carbocycles. The Morgan fingerprint density at radius 3 is 2.00 bits per heavy atom. The van der Waals surface area contributed by atoms with Gasteiger partial charge in [-0.15, -0.1) is 0 Å². The van der Waals surface area contributed by atoms with Crippen molar-refractivity contribution in [1.82, 2.24) is 0 Å². The van der Waals surface area contributed by atoms with Crippen molar-refractivity contribution in [1.29, 1.82) is 0 Å². The van der Waals surface area contributed by atoms with Crippen LogP contribution in [0.5, 0.6) is 0 Å². The molecule has 3 heteroatoms. The molecule has 0 bridgehead atoms. The number of aliphatic carboxylic acids is 1. The number of rotatable bonds is 8. The van der Waals surface area contributed by atoms with Crippen LogP contribution in [0.15, 0.2) is 0 Å². The van der Waals surface area contributed by atoms with Crippen molar-refractivity contribution in [3.05, 3.63) is 0 Å². The van der Waals surface area contributed by atoms with Gasteiger partial charge in [0.25, 0.3) is 0 Å². The topological polar surface area (TPSA) is 37.3 Å². The molecular formula is C13H27O2Sn+3. The first-order valence-corrected chi connectivity index (χ1v) is 8.50. The molecule has 0 spiro atoms. The number of carboxylic acid groups (broad SMARTS) is 1. The number of carboxylic acids is 1. The maximum atomic E-state index is 10.3. The zero-order valence-corrected chi connectivity index (χ0v) is 13.9. The van der Waals surface area contributed by atoms with Crippen LogP contribution in [-0.4, -0.2) is 33.6 Å². The van der Waals surface area contributed by atoms with Gasteiger partial charge in [-0.25, -0.2) is 0 Å². The molecule has 0 aromatic rings. The summed E-state index contributed by atoms with van der Waals surface area (Å²) in [6.45, 7) is 6.42. The van der Waals surface area contributed by atoms with Crippen molar-refractivity contribution < 1.29 is 9.90 Å². The van der Waals surface area contributed by atoms with E-state index in [4.69, 9.17) is 5.11 Å². The summed E-state index contributed by atoms with van der Waals surface area (Å²) in [4.78, 5) is 10.3. The van der Waals surface area contributed by atoms with Gasteiger partial charge in [0.05, 0.1) is 0 Å². The molecule has 92 valence electrons. The second-order valence-electron chi connectivity index (χ2n) is 4.12. The SMILES string of the molecule is CCCCC(CC)CC(=O)O.CCC[CH2][Sn+3]. The average Bonchev–Trinajstić information content (AvgIpc) is 2.25. The van der Waals surface area contributed by atoms with E-state index >= 15 is 0 Å². The number of hydrogen-bond donors (Lipinski definition) is 1. The van der Waals surface area contributed by atoms with Crippen LogP contribution in [0.25, 0.3) is 0 Å². The van der Waals surface area contributed by atoms with E-state index in [2.05, 4.69) is 20.8 Å². The fraction of sp³-hybridized carbons (Fsp3) is 0.923. The van der Waals surface area contributed by atoms with E-state index < -0.39 is 5.97 Å². The predicted molar refractivity (Wildman–Crippen MR) is 71.0 cm³/mol. The summed E-state index contributed by atoms with van der Waals surface area (Å²) in [7, 11) is 0. The summed E-state index contributed by atoms with van der Waals surface area (Å²) in [6, 6.07) is 0. The normalized spacial score (nSPS) is 11.6. The summed E-state index contributed by atoms with van der Waals surface area (Å²) in [5.41, 5.74) is 0. The van der Waals surface area contributed by atoms with E-state index in [1.807, 2.05) is 0 Å². The third kappa shape index (κ3) is 16.7. The molecule has 0 radical (unpaired) electrons. The molecule has 0 fully saturated rings. The van der Waals surface area contributed by atoms with Gasteiger partial charge >= 0.3 is 52.7 Å². The fourth-order valence-electron chi connectivity index (χ4n) is 1.37. The van der Waals surface area contributed by atoms with Crippen LogP contribution in [0.2, 0.25) is 4.44 Å². The van der Waals surface area contributed by atoms with Crippen LogP contribution in [0.1, 0.15) is 65.7 Å². The van der Waals surface area contributed by atoms with E-state index in [9.17, 15) is 4.79 Å². The molecule has 1 unspecified atom stereocenters. The molecule has 2 nitrogen and oxygen atoms in total. The molecule has 0 rings (SSSR count). The van der Waals surface area contributed by atoms with Gasteiger partial charge in [-0.1, -0.05) is 33.1 Å². The molecule has 0 aliphatic heterocycles. The van der Waals surface area contributed by atoms with Gasteiger partial charge in [-0.05, 0) is 12.3 Å². The summed E-state index contributed by atoms with van der Waals surface area (Å²) >= 11 is 1.68. The van der Waals surface area contributed by atoms with Crippen LogP contribution in [0.4, 0.5) is 0 Å². The Labute approximate surface area is 114 Å². The first-order valence-electron chi connectivity index (χ1n) is 6.48. The Bertz CT molecular complexity index is 147. The van der Waals surface area contributed by atoms with Crippen molar-refractivity contribution in [2.24, 2.45) is 5.92 Å². The molecular weight excluding hydrogens is 307 g/mol. The second kappa shape index (κ2) is 15.3. The summed E-state index contributed by atoms with van der Waals surface area (Å²) in [5.74, 6) is -0.264. The van der Waals surface area contributed by atoms with Crippen molar-refractivity contribution in [3.8, 4) is 0 Å². The molecule has 16 heavy (non-hydrogen) atoms. The Morgan fingerprint density at radius 1 is 1.19 bits per heavy atom. The number of carbonyl (C=O) groups is 1. The van der Waals surface area contributed by atoms with Crippen LogP contribution in [0.3, 0.4) is 0 Å². The van der Waals surface area contributed by atoms with Crippen LogP contribution in [0, 0.1) is 5.92 Å². The van der Waals surface area contributed by atoms with Gasteiger partial charge in [0.15, 0.2) is 0 Å². The molecule has 1 atom stereocenters. The van der Waals surface area contributed by atoms with Crippen LogP contribution >= 0.6 is 0 Å². The fourth-order valence-corrected chi connectivity index (χ4v) is 2.38. The molecule has 0 aliphatic carbocycles. The van der Waals surface area contributed by atoms with Gasteiger partial charge in [-0.2, -0.15) is 0 Å². The van der Waals surface area contributed by atoms with Crippen LogP contribution < -0.4 is 0 Å². The number of unbranched alkanes of at least 4 members (excludes halogenated alkanes) is 2. The zero-order chi connectivity index (χ0) is 12.8. The Hall–Kier alpha value is 0.269. The Balaban J connectivity index is 0. The van der Waals surface area contributed by atoms with Crippen LogP contribution in [-0.2, 0) is 4.79 Å². The van der Waals surface area contributed by atoms with Gasteiger partial charge in [0, 0.05) is 6.42 Å².